The summed E-state index contributed by atoms with van der Waals surface area (Å²) in [6, 6.07) is 0.559. The summed E-state index contributed by atoms with van der Waals surface area (Å²) in [5.41, 5.74) is 0. The molecule has 0 aromatic heterocycles. The Hall–Kier alpha value is -0.120. The maximum absolute atomic E-state index is 5.82. The molecule has 1 fully saturated rings. The summed E-state index contributed by atoms with van der Waals surface area (Å²) in [5, 5.41) is 3.58. The van der Waals surface area contributed by atoms with E-state index in [0.29, 0.717) is 12.6 Å². The lowest BCUT2D eigenvalue weighted by molar-refractivity contribution is -0.0133. The average Bonchev–Trinajstić information content (AvgIpc) is 3.10. The predicted octanol–water partition coefficient (Wildman–Crippen LogP) is 2.21. The molecular weight excluding hydrogens is 202 g/mol. The molecule has 16 heavy (non-hydrogen) atoms. The smallest absolute Gasteiger partial charge is 0.0781 e. The maximum Gasteiger partial charge on any atom is 0.0781 e. The van der Waals surface area contributed by atoms with Gasteiger partial charge in [0.1, 0.15) is 0 Å². The van der Waals surface area contributed by atoms with Crippen LogP contribution in [0.1, 0.15) is 40.0 Å². The van der Waals surface area contributed by atoms with Gasteiger partial charge in [-0.1, -0.05) is 6.92 Å². The molecule has 3 nitrogen and oxygen atoms in total. The van der Waals surface area contributed by atoms with Gasteiger partial charge in [-0.2, -0.15) is 0 Å². The Kier molecular flexibility index (Phi) is 7.01. The van der Waals surface area contributed by atoms with Crippen molar-refractivity contribution in [3.8, 4) is 0 Å². The van der Waals surface area contributed by atoms with Gasteiger partial charge in [-0.15, -0.1) is 0 Å². The second kappa shape index (κ2) is 8.04. The number of nitrogens with one attached hydrogen (secondary N) is 1. The van der Waals surface area contributed by atoms with Crippen molar-refractivity contribution in [1.82, 2.24) is 5.32 Å². The average molecular weight is 229 g/mol. The molecule has 1 aliphatic rings. The van der Waals surface area contributed by atoms with Gasteiger partial charge < -0.3 is 14.8 Å². The van der Waals surface area contributed by atoms with Gasteiger partial charge in [-0.25, -0.2) is 0 Å². The molecular formula is C13H27NO2. The highest BCUT2D eigenvalue weighted by Crippen LogP contribution is 2.32. The van der Waals surface area contributed by atoms with Crippen molar-refractivity contribution in [3.63, 3.8) is 0 Å². The van der Waals surface area contributed by atoms with Crippen LogP contribution in [-0.4, -0.2) is 38.5 Å². The van der Waals surface area contributed by atoms with Crippen LogP contribution < -0.4 is 5.32 Å². The van der Waals surface area contributed by atoms with Crippen molar-refractivity contribution in [2.75, 3.05) is 26.4 Å². The van der Waals surface area contributed by atoms with E-state index in [-0.39, 0.29) is 6.10 Å². The highest BCUT2D eigenvalue weighted by atomic mass is 16.5. The molecule has 0 aromatic rings. The first-order valence-corrected chi connectivity index (χ1v) is 6.70. The second-order valence-corrected chi connectivity index (χ2v) is 4.70. The van der Waals surface area contributed by atoms with E-state index >= 15 is 0 Å². The van der Waals surface area contributed by atoms with E-state index in [1.54, 1.807) is 0 Å². The van der Waals surface area contributed by atoms with Crippen LogP contribution in [0.4, 0.5) is 0 Å². The van der Waals surface area contributed by atoms with Gasteiger partial charge >= 0.3 is 0 Å². The number of ether oxygens (including phenoxy) is 2. The van der Waals surface area contributed by atoms with E-state index in [1.807, 2.05) is 6.92 Å². The summed E-state index contributed by atoms with van der Waals surface area (Å²) in [7, 11) is 0. The van der Waals surface area contributed by atoms with E-state index in [4.69, 9.17) is 9.47 Å². The van der Waals surface area contributed by atoms with E-state index in [2.05, 4.69) is 19.2 Å². The summed E-state index contributed by atoms with van der Waals surface area (Å²) in [5.74, 6) is 0.853. The zero-order valence-electron chi connectivity index (χ0n) is 11.0. The summed E-state index contributed by atoms with van der Waals surface area (Å²) >= 11 is 0. The Morgan fingerprint density at radius 3 is 2.56 bits per heavy atom. The zero-order chi connectivity index (χ0) is 11.8. The standard InChI is InChI=1S/C13H27NO2/c1-4-8-14-13(12-6-7-12)10-16-11(3)9-15-5-2/h11-14H,4-10H2,1-3H3. The van der Waals surface area contributed by atoms with E-state index in [0.717, 1.165) is 25.7 Å². The van der Waals surface area contributed by atoms with Crippen molar-refractivity contribution in [1.29, 1.82) is 0 Å². The molecule has 0 bridgehead atoms. The van der Waals surface area contributed by atoms with Crippen LogP contribution >= 0.6 is 0 Å². The van der Waals surface area contributed by atoms with Crippen molar-refractivity contribution in [3.05, 3.63) is 0 Å². The minimum Gasteiger partial charge on any atom is -0.379 e. The molecule has 0 aliphatic heterocycles. The maximum atomic E-state index is 5.82. The van der Waals surface area contributed by atoms with E-state index in [9.17, 15) is 0 Å². The third-order valence-electron chi connectivity index (χ3n) is 2.96. The fraction of sp³-hybridized carbons (Fsp3) is 1.00. The van der Waals surface area contributed by atoms with E-state index < -0.39 is 0 Å². The van der Waals surface area contributed by atoms with Crippen LogP contribution in [0.25, 0.3) is 0 Å². The molecule has 1 saturated carbocycles. The summed E-state index contributed by atoms with van der Waals surface area (Å²) in [4.78, 5) is 0. The molecule has 0 saturated heterocycles. The van der Waals surface area contributed by atoms with Crippen LogP contribution in [0.3, 0.4) is 0 Å². The van der Waals surface area contributed by atoms with Crippen LogP contribution in [-0.2, 0) is 9.47 Å². The normalized spacial score (nSPS) is 19.7. The Labute approximate surface area is 99.9 Å². The molecule has 0 amide bonds. The zero-order valence-corrected chi connectivity index (χ0v) is 11.0. The minimum atomic E-state index is 0.213. The number of hydrogen-bond donors (Lipinski definition) is 1. The Morgan fingerprint density at radius 1 is 1.25 bits per heavy atom. The van der Waals surface area contributed by atoms with Crippen LogP contribution in [0.5, 0.6) is 0 Å². The molecule has 3 heteroatoms. The lowest BCUT2D eigenvalue weighted by atomic mass is 10.2. The van der Waals surface area contributed by atoms with E-state index in [1.165, 1.54) is 19.3 Å². The van der Waals surface area contributed by atoms with Gasteiger partial charge in [0.05, 0.1) is 19.3 Å². The molecule has 2 unspecified atom stereocenters. The van der Waals surface area contributed by atoms with Gasteiger partial charge in [0.2, 0.25) is 0 Å². The van der Waals surface area contributed by atoms with Gasteiger partial charge in [0, 0.05) is 12.6 Å². The molecule has 1 N–H and O–H groups in total. The first kappa shape index (κ1) is 13.9. The van der Waals surface area contributed by atoms with Gasteiger partial charge in [-0.3, -0.25) is 0 Å². The summed E-state index contributed by atoms with van der Waals surface area (Å²) in [6.07, 6.45) is 4.14. The van der Waals surface area contributed by atoms with Crippen molar-refractivity contribution >= 4 is 0 Å². The van der Waals surface area contributed by atoms with Crippen molar-refractivity contribution in [2.45, 2.75) is 52.2 Å². The lowest BCUT2D eigenvalue weighted by Gasteiger charge is -2.21. The fourth-order valence-corrected chi connectivity index (χ4v) is 1.79. The van der Waals surface area contributed by atoms with Crippen LogP contribution in [0, 0.1) is 5.92 Å². The lowest BCUT2D eigenvalue weighted by Crippen LogP contribution is -2.37. The molecule has 96 valence electrons. The molecule has 0 heterocycles. The predicted molar refractivity (Wildman–Crippen MR) is 66.7 cm³/mol. The monoisotopic (exact) mass is 229 g/mol. The van der Waals surface area contributed by atoms with Crippen LogP contribution in [0.15, 0.2) is 0 Å². The topological polar surface area (TPSA) is 30.5 Å². The molecule has 1 aliphatic carbocycles. The quantitative estimate of drug-likeness (QED) is 0.623. The Morgan fingerprint density at radius 2 is 2.00 bits per heavy atom. The van der Waals surface area contributed by atoms with Gasteiger partial charge in [0.25, 0.3) is 0 Å². The highest BCUT2D eigenvalue weighted by Gasteiger charge is 2.31. The van der Waals surface area contributed by atoms with Gasteiger partial charge in [0.15, 0.2) is 0 Å². The molecule has 0 spiro atoms. The second-order valence-electron chi connectivity index (χ2n) is 4.70. The first-order chi connectivity index (χ1) is 7.77. The van der Waals surface area contributed by atoms with Crippen molar-refractivity contribution in [2.24, 2.45) is 5.92 Å². The van der Waals surface area contributed by atoms with Crippen molar-refractivity contribution < 1.29 is 9.47 Å². The number of rotatable bonds is 10. The summed E-state index contributed by atoms with van der Waals surface area (Å²) in [6.45, 7) is 9.72. The molecule has 1 rings (SSSR count). The Bertz CT molecular complexity index is 171. The molecule has 0 radical (unpaired) electrons. The SMILES string of the molecule is CCCNC(COC(C)COCC)C1CC1. The first-order valence-electron chi connectivity index (χ1n) is 6.70. The number of hydrogen-bond acceptors (Lipinski definition) is 3. The van der Waals surface area contributed by atoms with Gasteiger partial charge in [-0.05, 0) is 45.6 Å². The molecule has 0 aromatic carbocycles. The third-order valence-corrected chi connectivity index (χ3v) is 2.96. The van der Waals surface area contributed by atoms with Crippen LogP contribution in [0.2, 0.25) is 0 Å². The minimum absolute atomic E-state index is 0.213. The Balaban J connectivity index is 2.11. The largest absolute Gasteiger partial charge is 0.379 e. The third kappa shape index (κ3) is 5.83. The fourth-order valence-electron chi connectivity index (χ4n) is 1.79. The summed E-state index contributed by atoms with van der Waals surface area (Å²) < 4.78 is 11.2. The highest BCUT2D eigenvalue weighted by molar-refractivity contribution is 4.86. The molecule has 2 atom stereocenters.